The minimum Gasteiger partial charge on any atom is -0.310 e. The molecule has 2 aromatic rings. The zero-order valence-corrected chi connectivity index (χ0v) is 10.9. The molecule has 1 N–H and O–H groups in total. The molecule has 2 rings (SSSR count). The van der Waals surface area contributed by atoms with Crippen molar-refractivity contribution >= 4 is 0 Å². The number of nitrogens with zero attached hydrogens (tertiary/aromatic N) is 4. The third kappa shape index (κ3) is 3.37. The molecule has 0 amide bonds. The van der Waals surface area contributed by atoms with E-state index in [0.29, 0.717) is 12.5 Å². The SMILES string of the molecule is CC(C)CCNCc1nnnn1-c1ccccc1. The number of aromatic nitrogens is 4. The Bertz CT molecular complexity index is 463. The van der Waals surface area contributed by atoms with E-state index >= 15 is 0 Å². The summed E-state index contributed by atoms with van der Waals surface area (Å²) in [5.41, 5.74) is 0.989. The van der Waals surface area contributed by atoms with Crippen LogP contribution in [0.1, 0.15) is 26.1 Å². The predicted molar refractivity (Wildman–Crippen MR) is 70.3 cm³/mol. The highest BCUT2D eigenvalue weighted by Gasteiger charge is 2.06. The summed E-state index contributed by atoms with van der Waals surface area (Å²) in [7, 11) is 0. The van der Waals surface area contributed by atoms with Gasteiger partial charge in [-0.05, 0) is 41.4 Å². The minimum absolute atomic E-state index is 0.689. The topological polar surface area (TPSA) is 55.6 Å². The maximum absolute atomic E-state index is 4.05. The molecular formula is C13H19N5. The molecule has 0 atom stereocenters. The summed E-state index contributed by atoms with van der Waals surface area (Å²) in [6.07, 6.45) is 1.16. The van der Waals surface area contributed by atoms with Gasteiger partial charge < -0.3 is 5.32 Å². The van der Waals surface area contributed by atoms with Gasteiger partial charge in [-0.2, -0.15) is 4.68 Å². The average molecular weight is 245 g/mol. The number of hydrogen-bond donors (Lipinski definition) is 1. The van der Waals surface area contributed by atoms with Gasteiger partial charge in [-0.3, -0.25) is 0 Å². The van der Waals surface area contributed by atoms with Crippen molar-refractivity contribution in [2.45, 2.75) is 26.8 Å². The van der Waals surface area contributed by atoms with Crippen molar-refractivity contribution in [3.8, 4) is 5.69 Å². The Morgan fingerprint density at radius 1 is 1.22 bits per heavy atom. The maximum Gasteiger partial charge on any atom is 0.170 e. The molecule has 1 aromatic carbocycles. The first-order valence-corrected chi connectivity index (χ1v) is 6.31. The lowest BCUT2D eigenvalue weighted by Crippen LogP contribution is -2.19. The van der Waals surface area contributed by atoms with Gasteiger partial charge in [0.05, 0.1) is 12.2 Å². The van der Waals surface area contributed by atoms with Crippen LogP contribution in [0.4, 0.5) is 0 Å². The monoisotopic (exact) mass is 245 g/mol. The van der Waals surface area contributed by atoms with E-state index < -0.39 is 0 Å². The summed E-state index contributed by atoms with van der Waals surface area (Å²) in [5.74, 6) is 1.55. The van der Waals surface area contributed by atoms with Gasteiger partial charge in [0.25, 0.3) is 0 Å². The number of benzene rings is 1. The predicted octanol–water partition coefficient (Wildman–Crippen LogP) is 1.80. The fraction of sp³-hybridized carbons (Fsp3) is 0.462. The van der Waals surface area contributed by atoms with Crippen LogP contribution in [0.2, 0.25) is 0 Å². The van der Waals surface area contributed by atoms with E-state index in [9.17, 15) is 0 Å². The number of para-hydroxylation sites is 1. The molecule has 0 spiro atoms. The first-order valence-electron chi connectivity index (χ1n) is 6.31. The van der Waals surface area contributed by atoms with E-state index in [1.165, 1.54) is 0 Å². The van der Waals surface area contributed by atoms with Crippen molar-refractivity contribution in [2.75, 3.05) is 6.54 Å². The highest BCUT2D eigenvalue weighted by Crippen LogP contribution is 2.06. The van der Waals surface area contributed by atoms with Crippen molar-refractivity contribution in [1.82, 2.24) is 25.5 Å². The molecule has 0 aliphatic rings. The van der Waals surface area contributed by atoms with Crippen molar-refractivity contribution in [1.29, 1.82) is 0 Å². The molecule has 0 radical (unpaired) electrons. The standard InChI is InChI=1S/C13H19N5/c1-11(2)8-9-14-10-13-15-16-17-18(13)12-6-4-3-5-7-12/h3-7,11,14H,8-10H2,1-2H3. The maximum atomic E-state index is 4.05. The van der Waals surface area contributed by atoms with E-state index in [2.05, 4.69) is 34.7 Å². The quantitative estimate of drug-likeness (QED) is 0.788. The van der Waals surface area contributed by atoms with Crippen LogP contribution < -0.4 is 5.32 Å². The molecule has 1 aromatic heterocycles. The Morgan fingerprint density at radius 3 is 2.72 bits per heavy atom. The van der Waals surface area contributed by atoms with Crippen LogP contribution >= 0.6 is 0 Å². The Balaban J connectivity index is 1.96. The largest absolute Gasteiger partial charge is 0.310 e. The highest BCUT2D eigenvalue weighted by atomic mass is 15.5. The molecular weight excluding hydrogens is 226 g/mol. The van der Waals surface area contributed by atoms with Gasteiger partial charge in [0, 0.05) is 0 Å². The van der Waals surface area contributed by atoms with E-state index in [0.717, 1.165) is 24.5 Å². The van der Waals surface area contributed by atoms with Crippen LogP contribution in [-0.4, -0.2) is 26.8 Å². The van der Waals surface area contributed by atoms with E-state index in [1.54, 1.807) is 4.68 Å². The van der Waals surface area contributed by atoms with Crippen molar-refractivity contribution in [2.24, 2.45) is 5.92 Å². The molecule has 18 heavy (non-hydrogen) atoms. The third-order valence-corrected chi connectivity index (χ3v) is 2.72. The first kappa shape index (κ1) is 12.7. The lowest BCUT2D eigenvalue weighted by molar-refractivity contribution is 0.528. The lowest BCUT2D eigenvalue weighted by atomic mass is 10.1. The number of nitrogens with one attached hydrogen (secondary N) is 1. The van der Waals surface area contributed by atoms with Crippen molar-refractivity contribution in [3.05, 3.63) is 36.2 Å². The minimum atomic E-state index is 0.689. The Hall–Kier alpha value is -1.75. The zero-order chi connectivity index (χ0) is 12.8. The van der Waals surface area contributed by atoms with Crippen molar-refractivity contribution in [3.63, 3.8) is 0 Å². The molecule has 5 heteroatoms. The summed E-state index contributed by atoms with van der Waals surface area (Å²) in [4.78, 5) is 0. The lowest BCUT2D eigenvalue weighted by Gasteiger charge is -2.07. The van der Waals surface area contributed by atoms with E-state index in [-0.39, 0.29) is 0 Å². The van der Waals surface area contributed by atoms with Crippen molar-refractivity contribution < 1.29 is 0 Å². The van der Waals surface area contributed by atoms with Gasteiger partial charge in [0.1, 0.15) is 0 Å². The molecule has 0 saturated carbocycles. The van der Waals surface area contributed by atoms with Gasteiger partial charge in [-0.25, -0.2) is 0 Å². The van der Waals surface area contributed by atoms with Gasteiger partial charge in [0.2, 0.25) is 0 Å². The Labute approximate surface area is 107 Å². The van der Waals surface area contributed by atoms with E-state index in [1.807, 2.05) is 30.3 Å². The van der Waals surface area contributed by atoms with E-state index in [4.69, 9.17) is 0 Å². The van der Waals surface area contributed by atoms with Crippen LogP contribution in [0.5, 0.6) is 0 Å². The number of tetrazole rings is 1. The summed E-state index contributed by atoms with van der Waals surface area (Å²) in [6.45, 7) is 6.11. The second kappa shape index (κ2) is 6.26. The zero-order valence-electron chi connectivity index (χ0n) is 10.9. The van der Waals surface area contributed by atoms with Gasteiger partial charge in [-0.1, -0.05) is 32.0 Å². The summed E-state index contributed by atoms with van der Waals surface area (Å²) >= 11 is 0. The Kier molecular flexibility index (Phi) is 4.41. The molecule has 0 bridgehead atoms. The molecule has 1 heterocycles. The normalized spacial score (nSPS) is 11.1. The van der Waals surface area contributed by atoms with Crippen LogP contribution in [0, 0.1) is 5.92 Å². The second-order valence-electron chi connectivity index (χ2n) is 4.70. The molecule has 0 fully saturated rings. The summed E-state index contributed by atoms with van der Waals surface area (Å²) < 4.78 is 1.77. The molecule has 96 valence electrons. The first-order chi connectivity index (χ1) is 8.77. The molecule has 0 saturated heterocycles. The Morgan fingerprint density at radius 2 is 2.00 bits per heavy atom. The molecule has 0 aliphatic carbocycles. The second-order valence-corrected chi connectivity index (χ2v) is 4.70. The summed E-state index contributed by atoms with van der Waals surface area (Å²) in [6, 6.07) is 9.93. The van der Waals surface area contributed by atoms with Gasteiger partial charge >= 0.3 is 0 Å². The third-order valence-electron chi connectivity index (χ3n) is 2.72. The smallest absolute Gasteiger partial charge is 0.170 e. The number of hydrogen-bond acceptors (Lipinski definition) is 4. The highest BCUT2D eigenvalue weighted by molar-refractivity contribution is 5.30. The van der Waals surface area contributed by atoms with Crippen LogP contribution in [0.15, 0.2) is 30.3 Å². The van der Waals surface area contributed by atoms with Crippen LogP contribution in [0.3, 0.4) is 0 Å². The fourth-order valence-electron chi connectivity index (χ4n) is 1.68. The number of rotatable bonds is 6. The molecule has 5 nitrogen and oxygen atoms in total. The molecule has 0 aliphatic heterocycles. The molecule has 0 unspecified atom stereocenters. The van der Waals surface area contributed by atoms with Gasteiger partial charge in [0.15, 0.2) is 5.82 Å². The van der Waals surface area contributed by atoms with Crippen LogP contribution in [-0.2, 0) is 6.54 Å². The summed E-state index contributed by atoms with van der Waals surface area (Å²) in [5, 5.41) is 15.2. The van der Waals surface area contributed by atoms with Gasteiger partial charge in [-0.15, -0.1) is 5.10 Å². The fourth-order valence-corrected chi connectivity index (χ4v) is 1.68. The average Bonchev–Trinajstić information content (AvgIpc) is 2.84. The van der Waals surface area contributed by atoms with Crippen LogP contribution in [0.25, 0.3) is 5.69 Å².